The van der Waals surface area contributed by atoms with Crippen molar-refractivity contribution in [1.29, 1.82) is 0 Å². The first-order valence-corrected chi connectivity index (χ1v) is 6.88. The number of fused-ring (bicyclic) bond motifs is 1. The Kier molecular flexibility index (Phi) is 2.93. The Bertz CT molecular complexity index is 600. The minimum atomic E-state index is 0.291. The molecular formula is C15H20N4. The fourth-order valence-corrected chi connectivity index (χ4v) is 2.86. The molecule has 1 aromatic carbocycles. The van der Waals surface area contributed by atoms with Gasteiger partial charge in [-0.25, -0.2) is 4.68 Å². The van der Waals surface area contributed by atoms with Gasteiger partial charge in [-0.15, -0.1) is 0 Å². The highest BCUT2D eigenvalue weighted by molar-refractivity contribution is 5.50. The van der Waals surface area contributed by atoms with Crippen LogP contribution in [-0.4, -0.2) is 16.3 Å². The molecule has 0 bridgehead atoms. The van der Waals surface area contributed by atoms with E-state index in [0.717, 1.165) is 30.9 Å². The zero-order valence-corrected chi connectivity index (χ0v) is 11.5. The van der Waals surface area contributed by atoms with E-state index < -0.39 is 0 Å². The third kappa shape index (κ3) is 1.97. The molecule has 100 valence electrons. The van der Waals surface area contributed by atoms with E-state index in [1.54, 1.807) is 0 Å². The van der Waals surface area contributed by atoms with Crippen LogP contribution >= 0.6 is 0 Å². The van der Waals surface area contributed by atoms with Crippen LogP contribution in [-0.2, 0) is 6.42 Å². The van der Waals surface area contributed by atoms with Crippen LogP contribution in [0.2, 0.25) is 0 Å². The van der Waals surface area contributed by atoms with Crippen LogP contribution < -0.4 is 11.1 Å². The van der Waals surface area contributed by atoms with E-state index in [-0.39, 0.29) is 0 Å². The van der Waals surface area contributed by atoms with Gasteiger partial charge in [-0.2, -0.15) is 5.10 Å². The van der Waals surface area contributed by atoms with Gasteiger partial charge in [0, 0.05) is 17.8 Å². The van der Waals surface area contributed by atoms with E-state index >= 15 is 0 Å². The molecule has 0 saturated heterocycles. The molecule has 2 aromatic rings. The molecular weight excluding hydrogens is 236 g/mol. The second kappa shape index (κ2) is 4.61. The highest BCUT2D eigenvalue weighted by Gasteiger charge is 2.25. The summed E-state index contributed by atoms with van der Waals surface area (Å²) in [7, 11) is 0. The Morgan fingerprint density at radius 3 is 3.05 bits per heavy atom. The molecule has 4 nitrogen and oxygen atoms in total. The normalized spacial score (nSPS) is 17.9. The standard InChI is InChI=1S/C15H20N4/c1-3-13-10(2)15-17-8-7-14(19(15)18-13)11-5-4-6-12(16)9-11/h4-6,9,14,17H,3,7-8,16H2,1-2H3. The number of anilines is 2. The zero-order valence-electron chi connectivity index (χ0n) is 11.5. The summed E-state index contributed by atoms with van der Waals surface area (Å²) in [5.74, 6) is 1.16. The first kappa shape index (κ1) is 12.1. The maximum atomic E-state index is 5.90. The van der Waals surface area contributed by atoms with Crippen molar-refractivity contribution in [1.82, 2.24) is 9.78 Å². The Hall–Kier alpha value is -1.97. The third-order valence-electron chi connectivity index (χ3n) is 3.88. The number of nitrogen functional groups attached to an aromatic ring is 1. The number of benzene rings is 1. The monoisotopic (exact) mass is 256 g/mol. The molecule has 0 amide bonds. The van der Waals surface area contributed by atoms with Crippen molar-refractivity contribution >= 4 is 11.5 Å². The van der Waals surface area contributed by atoms with Gasteiger partial charge in [0.05, 0.1) is 11.7 Å². The van der Waals surface area contributed by atoms with Crippen LogP contribution in [0.3, 0.4) is 0 Å². The van der Waals surface area contributed by atoms with Crippen molar-refractivity contribution in [3.8, 4) is 0 Å². The number of hydrogen-bond acceptors (Lipinski definition) is 3. The molecule has 1 aliphatic heterocycles. The molecule has 1 atom stereocenters. The van der Waals surface area contributed by atoms with Crippen LogP contribution in [0.15, 0.2) is 24.3 Å². The minimum absolute atomic E-state index is 0.291. The lowest BCUT2D eigenvalue weighted by atomic mass is 10.0. The van der Waals surface area contributed by atoms with Crippen molar-refractivity contribution < 1.29 is 0 Å². The van der Waals surface area contributed by atoms with Gasteiger partial charge in [0.25, 0.3) is 0 Å². The van der Waals surface area contributed by atoms with Gasteiger partial charge in [-0.1, -0.05) is 19.1 Å². The Morgan fingerprint density at radius 1 is 1.47 bits per heavy atom. The number of nitrogens with one attached hydrogen (secondary N) is 1. The highest BCUT2D eigenvalue weighted by Crippen LogP contribution is 2.33. The largest absolute Gasteiger partial charge is 0.399 e. The molecule has 0 spiro atoms. The van der Waals surface area contributed by atoms with Crippen LogP contribution in [0.25, 0.3) is 0 Å². The molecule has 19 heavy (non-hydrogen) atoms. The Balaban J connectivity index is 2.07. The number of rotatable bonds is 2. The molecule has 3 N–H and O–H groups in total. The summed E-state index contributed by atoms with van der Waals surface area (Å²) in [5, 5.41) is 8.24. The van der Waals surface area contributed by atoms with Gasteiger partial charge in [-0.05, 0) is 37.5 Å². The van der Waals surface area contributed by atoms with E-state index in [9.17, 15) is 0 Å². The molecule has 3 rings (SSSR count). The van der Waals surface area contributed by atoms with Crippen molar-refractivity contribution in [2.75, 3.05) is 17.6 Å². The molecule has 4 heteroatoms. The van der Waals surface area contributed by atoms with E-state index in [1.807, 2.05) is 12.1 Å². The summed E-state index contributed by atoms with van der Waals surface area (Å²) in [6, 6.07) is 8.43. The summed E-state index contributed by atoms with van der Waals surface area (Å²) in [5.41, 5.74) is 10.4. The fourth-order valence-electron chi connectivity index (χ4n) is 2.86. The number of aromatic nitrogens is 2. The fraction of sp³-hybridized carbons (Fsp3) is 0.400. The van der Waals surface area contributed by atoms with Crippen molar-refractivity contribution in [3.63, 3.8) is 0 Å². The number of nitrogens with two attached hydrogens (primary N) is 1. The van der Waals surface area contributed by atoms with Gasteiger partial charge in [-0.3, -0.25) is 0 Å². The number of hydrogen-bond donors (Lipinski definition) is 2. The Labute approximate surface area is 113 Å². The molecule has 1 aromatic heterocycles. The lowest BCUT2D eigenvalue weighted by Gasteiger charge is -2.26. The SMILES string of the molecule is CCc1nn2c(c1C)NCCC2c1cccc(N)c1. The number of aryl methyl sites for hydroxylation is 1. The highest BCUT2D eigenvalue weighted by atomic mass is 15.4. The lowest BCUT2D eigenvalue weighted by molar-refractivity contribution is 0.478. The second-order valence-electron chi connectivity index (χ2n) is 5.12. The average Bonchev–Trinajstić information content (AvgIpc) is 2.75. The molecule has 0 fully saturated rings. The maximum Gasteiger partial charge on any atom is 0.128 e. The Morgan fingerprint density at radius 2 is 2.32 bits per heavy atom. The maximum absolute atomic E-state index is 5.90. The van der Waals surface area contributed by atoms with Gasteiger partial charge in [0.2, 0.25) is 0 Å². The van der Waals surface area contributed by atoms with Crippen LogP contribution in [0, 0.1) is 6.92 Å². The van der Waals surface area contributed by atoms with Gasteiger partial charge < -0.3 is 11.1 Å². The first-order chi connectivity index (χ1) is 9.20. The molecule has 0 saturated carbocycles. The molecule has 2 heterocycles. The molecule has 0 radical (unpaired) electrons. The van der Waals surface area contributed by atoms with Gasteiger partial charge >= 0.3 is 0 Å². The lowest BCUT2D eigenvalue weighted by Crippen LogP contribution is -2.24. The van der Waals surface area contributed by atoms with Gasteiger partial charge in [0.1, 0.15) is 5.82 Å². The van der Waals surface area contributed by atoms with Crippen molar-refractivity contribution in [3.05, 3.63) is 41.1 Å². The number of nitrogens with zero attached hydrogens (tertiary/aromatic N) is 2. The predicted octanol–water partition coefficient (Wildman–Crippen LogP) is 2.74. The topological polar surface area (TPSA) is 55.9 Å². The van der Waals surface area contributed by atoms with Crippen LogP contribution in [0.5, 0.6) is 0 Å². The third-order valence-corrected chi connectivity index (χ3v) is 3.88. The summed E-state index contributed by atoms with van der Waals surface area (Å²) in [6.45, 7) is 5.28. The van der Waals surface area contributed by atoms with Gasteiger partial charge in [0.15, 0.2) is 0 Å². The second-order valence-corrected chi connectivity index (χ2v) is 5.12. The molecule has 0 aliphatic carbocycles. The average molecular weight is 256 g/mol. The minimum Gasteiger partial charge on any atom is -0.399 e. The zero-order chi connectivity index (χ0) is 13.4. The van der Waals surface area contributed by atoms with E-state index in [2.05, 4.69) is 36.0 Å². The summed E-state index contributed by atoms with van der Waals surface area (Å²) in [6.07, 6.45) is 2.01. The van der Waals surface area contributed by atoms with Crippen molar-refractivity contribution in [2.45, 2.75) is 32.7 Å². The summed E-state index contributed by atoms with van der Waals surface area (Å²) >= 11 is 0. The van der Waals surface area contributed by atoms with Crippen LogP contribution in [0.4, 0.5) is 11.5 Å². The van der Waals surface area contributed by atoms with Crippen molar-refractivity contribution in [2.24, 2.45) is 0 Å². The summed E-state index contributed by atoms with van der Waals surface area (Å²) < 4.78 is 2.13. The first-order valence-electron chi connectivity index (χ1n) is 6.88. The predicted molar refractivity (Wildman–Crippen MR) is 78.4 cm³/mol. The molecule has 1 unspecified atom stereocenters. The van der Waals surface area contributed by atoms with E-state index in [1.165, 1.54) is 16.8 Å². The van der Waals surface area contributed by atoms with E-state index in [0.29, 0.717) is 6.04 Å². The summed E-state index contributed by atoms with van der Waals surface area (Å²) in [4.78, 5) is 0. The van der Waals surface area contributed by atoms with Crippen LogP contribution in [0.1, 0.15) is 36.2 Å². The molecule has 1 aliphatic rings. The van der Waals surface area contributed by atoms with E-state index in [4.69, 9.17) is 10.8 Å². The smallest absolute Gasteiger partial charge is 0.128 e. The quantitative estimate of drug-likeness (QED) is 0.812.